The van der Waals surface area contributed by atoms with Gasteiger partial charge in [0.25, 0.3) is 0 Å². The molecule has 0 radical (unpaired) electrons. The molecule has 0 spiro atoms. The highest BCUT2D eigenvalue weighted by Crippen LogP contribution is 2.22. The number of ether oxygens (including phenoxy) is 1. The van der Waals surface area contributed by atoms with Gasteiger partial charge < -0.3 is 10.1 Å². The molecule has 0 aliphatic carbocycles. The Labute approximate surface area is 118 Å². The maximum atomic E-state index is 5.40. The molecule has 0 fully saturated rings. The van der Waals surface area contributed by atoms with Gasteiger partial charge in [0.1, 0.15) is 0 Å². The Hall–Kier alpha value is -1.39. The smallest absolute Gasteiger partial charge is 0.183 e. The van der Waals surface area contributed by atoms with Gasteiger partial charge >= 0.3 is 0 Å². The molecule has 0 atom stereocenters. The summed E-state index contributed by atoms with van der Waals surface area (Å²) in [7, 11) is 0. The quantitative estimate of drug-likeness (QED) is 0.838. The van der Waals surface area contributed by atoms with E-state index in [1.54, 1.807) is 11.3 Å². The molecule has 1 heterocycles. The lowest BCUT2D eigenvalue weighted by atomic mass is 10.2. The average Bonchev–Trinajstić information content (AvgIpc) is 2.78. The number of nitrogens with zero attached hydrogens (tertiary/aromatic N) is 1. The first kappa shape index (κ1) is 14.0. The number of hydrogen-bond acceptors (Lipinski definition) is 4. The van der Waals surface area contributed by atoms with Crippen molar-refractivity contribution in [2.75, 3.05) is 18.5 Å². The molecule has 4 heteroatoms. The van der Waals surface area contributed by atoms with Crippen LogP contribution < -0.4 is 5.32 Å². The number of anilines is 1. The monoisotopic (exact) mass is 276 g/mol. The van der Waals surface area contributed by atoms with Crippen molar-refractivity contribution in [1.29, 1.82) is 0 Å². The van der Waals surface area contributed by atoms with Gasteiger partial charge in [0.05, 0.1) is 12.3 Å². The largest absolute Gasteiger partial charge is 0.375 e. The summed E-state index contributed by atoms with van der Waals surface area (Å²) in [5.41, 5.74) is 2.40. The van der Waals surface area contributed by atoms with Crippen LogP contribution in [0.1, 0.15) is 23.1 Å². The van der Waals surface area contributed by atoms with E-state index >= 15 is 0 Å². The van der Waals surface area contributed by atoms with Crippen molar-refractivity contribution in [2.45, 2.75) is 26.9 Å². The number of aromatic nitrogens is 1. The van der Waals surface area contributed by atoms with E-state index < -0.39 is 0 Å². The van der Waals surface area contributed by atoms with Crippen LogP contribution in [0.2, 0.25) is 0 Å². The van der Waals surface area contributed by atoms with Crippen LogP contribution in [0.3, 0.4) is 0 Å². The van der Waals surface area contributed by atoms with Gasteiger partial charge in [-0.15, -0.1) is 11.3 Å². The Morgan fingerprint density at radius 1 is 1.26 bits per heavy atom. The highest BCUT2D eigenvalue weighted by molar-refractivity contribution is 7.15. The van der Waals surface area contributed by atoms with Gasteiger partial charge in [0, 0.05) is 18.0 Å². The predicted octanol–water partition coefficient (Wildman–Crippen LogP) is 3.64. The molecular weight excluding hydrogens is 256 g/mol. The number of hydrogen-bond donors (Lipinski definition) is 1. The fraction of sp³-hybridized carbons (Fsp3) is 0.400. The summed E-state index contributed by atoms with van der Waals surface area (Å²) in [4.78, 5) is 5.79. The lowest BCUT2D eigenvalue weighted by molar-refractivity contribution is 0.131. The normalized spacial score (nSPS) is 10.6. The van der Waals surface area contributed by atoms with Crippen molar-refractivity contribution in [3.05, 3.63) is 46.5 Å². The first-order valence-corrected chi connectivity index (χ1v) is 7.43. The molecule has 0 saturated heterocycles. The Bertz CT molecular complexity index is 496. The SMILES string of the molecule is CCOCc1nc(NCCc2ccccc2)sc1C. The summed E-state index contributed by atoms with van der Waals surface area (Å²) >= 11 is 1.70. The Morgan fingerprint density at radius 2 is 2.05 bits per heavy atom. The summed E-state index contributed by atoms with van der Waals surface area (Å²) < 4.78 is 5.40. The molecule has 0 aliphatic rings. The summed E-state index contributed by atoms with van der Waals surface area (Å²) in [6.07, 6.45) is 1.01. The van der Waals surface area contributed by atoms with Gasteiger partial charge in [-0.3, -0.25) is 0 Å². The maximum Gasteiger partial charge on any atom is 0.183 e. The minimum absolute atomic E-state index is 0.610. The van der Waals surface area contributed by atoms with Crippen LogP contribution in [-0.4, -0.2) is 18.1 Å². The first-order chi connectivity index (χ1) is 9.29. The van der Waals surface area contributed by atoms with Crippen molar-refractivity contribution < 1.29 is 4.74 Å². The fourth-order valence-electron chi connectivity index (χ4n) is 1.79. The van der Waals surface area contributed by atoms with Crippen molar-refractivity contribution in [2.24, 2.45) is 0 Å². The lowest BCUT2D eigenvalue weighted by Gasteiger charge is -2.02. The topological polar surface area (TPSA) is 34.1 Å². The molecule has 0 amide bonds. The Balaban J connectivity index is 1.83. The van der Waals surface area contributed by atoms with Crippen LogP contribution in [0.5, 0.6) is 0 Å². The summed E-state index contributed by atoms with van der Waals surface area (Å²) in [6, 6.07) is 10.5. The number of thiazole rings is 1. The molecule has 102 valence electrons. The molecule has 1 aromatic carbocycles. The Morgan fingerprint density at radius 3 is 2.79 bits per heavy atom. The van der Waals surface area contributed by atoms with Gasteiger partial charge in [-0.05, 0) is 25.8 Å². The van der Waals surface area contributed by atoms with Gasteiger partial charge in [-0.2, -0.15) is 0 Å². The maximum absolute atomic E-state index is 5.40. The minimum Gasteiger partial charge on any atom is -0.375 e. The van der Waals surface area contributed by atoms with Gasteiger partial charge in [-0.25, -0.2) is 4.98 Å². The van der Waals surface area contributed by atoms with Crippen molar-refractivity contribution in [3.63, 3.8) is 0 Å². The molecule has 2 rings (SSSR count). The van der Waals surface area contributed by atoms with Crippen LogP contribution in [0, 0.1) is 6.92 Å². The zero-order chi connectivity index (χ0) is 13.5. The molecule has 0 bridgehead atoms. The second kappa shape index (κ2) is 7.26. The van der Waals surface area contributed by atoms with Gasteiger partial charge in [-0.1, -0.05) is 30.3 Å². The molecule has 0 unspecified atom stereocenters. The third-order valence-electron chi connectivity index (χ3n) is 2.87. The van der Waals surface area contributed by atoms with Crippen molar-refractivity contribution >= 4 is 16.5 Å². The number of aryl methyl sites for hydroxylation is 1. The molecule has 2 aromatic rings. The Kier molecular flexibility index (Phi) is 5.36. The summed E-state index contributed by atoms with van der Waals surface area (Å²) in [6.45, 7) is 6.34. The van der Waals surface area contributed by atoms with Gasteiger partial charge in [0.2, 0.25) is 0 Å². The van der Waals surface area contributed by atoms with E-state index in [9.17, 15) is 0 Å². The van der Waals surface area contributed by atoms with Crippen LogP contribution in [0.4, 0.5) is 5.13 Å². The van der Waals surface area contributed by atoms with Crippen molar-refractivity contribution in [1.82, 2.24) is 4.98 Å². The lowest BCUT2D eigenvalue weighted by Crippen LogP contribution is -2.04. The zero-order valence-corrected chi connectivity index (χ0v) is 12.3. The molecule has 0 saturated carbocycles. The second-order valence-electron chi connectivity index (χ2n) is 4.32. The number of nitrogens with one attached hydrogen (secondary N) is 1. The number of rotatable bonds is 7. The van der Waals surface area contributed by atoms with E-state index in [1.165, 1.54) is 10.4 Å². The van der Waals surface area contributed by atoms with E-state index in [0.29, 0.717) is 6.61 Å². The summed E-state index contributed by atoms with van der Waals surface area (Å²) in [5, 5.41) is 4.37. The standard InChI is InChI=1S/C15H20N2OS/c1-3-18-11-14-12(2)19-15(17-14)16-10-9-13-7-5-4-6-8-13/h4-8H,3,9-11H2,1-2H3,(H,16,17). The highest BCUT2D eigenvalue weighted by Gasteiger charge is 2.06. The number of benzene rings is 1. The van der Waals surface area contributed by atoms with Gasteiger partial charge in [0.15, 0.2) is 5.13 Å². The van der Waals surface area contributed by atoms with E-state index in [0.717, 1.165) is 30.4 Å². The predicted molar refractivity (Wildman–Crippen MR) is 80.8 cm³/mol. The molecule has 3 nitrogen and oxygen atoms in total. The minimum atomic E-state index is 0.610. The first-order valence-electron chi connectivity index (χ1n) is 6.61. The van der Waals surface area contributed by atoms with Crippen LogP contribution in [0.15, 0.2) is 30.3 Å². The summed E-state index contributed by atoms with van der Waals surface area (Å²) in [5.74, 6) is 0. The molecule has 1 N–H and O–H groups in total. The van der Waals surface area contributed by atoms with E-state index in [-0.39, 0.29) is 0 Å². The van der Waals surface area contributed by atoms with Crippen LogP contribution in [-0.2, 0) is 17.8 Å². The molecule has 1 aromatic heterocycles. The fourth-order valence-corrected chi connectivity index (χ4v) is 2.64. The van der Waals surface area contributed by atoms with Crippen LogP contribution >= 0.6 is 11.3 Å². The highest BCUT2D eigenvalue weighted by atomic mass is 32.1. The van der Waals surface area contributed by atoms with Crippen molar-refractivity contribution in [3.8, 4) is 0 Å². The third-order valence-corrected chi connectivity index (χ3v) is 3.84. The molecular formula is C15H20N2OS. The van der Waals surface area contributed by atoms with E-state index in [2.05, 4.69) is 41.5 Å². The van der Waals surface area contributed by atoms with E-state index in [1.807, 2.05) is 13.0 Å². The molecule has 0 aliphatic heterocycles. The zero-order valence-electron chi connectivity index (χ0n) is 11.5. The molecule has 19 heavy (non-hydrogen) atoms. The average molecular weight is 276 g/mol. The van der Waals surface area contributed by atoms with E-state index in [4.69, 9.17) is 4.74 Å². The van der Waals surface area contributed by atoms with Crippen LogP contribution in [0.25, 0.3) is 0 Å². The second-order valence-corrected chi connectivity index (χ2v) is 5.52. The third kappa shape index (κ3) is 4.33.